The van der Waals surface area contributed by atoms with E-state index in [1.807, 2.05) is 18.2 Å². The Bertz CT molecular complexity index is 1060. The molecule has 160 valence electrons. The molecule has 2 N–H and O–H groups in total. The maximum Gasteiger partial charge on any atom is 0.471 e. The molecule has 2 aromatic carbocycles. The van der Waals surface area contributed by atoms with Crippen LogP contribution in [0.5, 0.6) is 11.5 Å². The minimum Gasteiger partial charge on any atom is -0.457 e. The van der Waals surface area contributed by atoms with Crippen molar-refractivity contribution in [3.05, 3.63) is 72.1 Å². The highest BCUT2D eigenvalue weighted by atomic mass is 19.4. The van der Waals surface area contributed by atoms with Crippen LogP contribution in [0.1, 0.15) is 11.4 Å². The molecule has 3 rings (SSSR count). The molecule has 3 aromatic rings. The van der Waals surface area contributed by atoms with E-state index in [1.165, 1.54) is 0 Å². The van der Waals surface area contributed by atoms with Crippen LogP contribution in [-0.2, 0) is 4.79 Å². The first-order valence-electron chi connectivity index (χ1n) is 9.08. The van der Waals surface area contributed by atoms with E-state index in [4.69, 9.17) is 4.74 Å². The summed E-state index contributed by atoms with van der Waals surface area (Å²) in [7, 11) is 0. The standard InChI is InChI=1S/C21H18F3N5O2/c1-13-12-14(2)26-19(25-13)29-20(28-18(30)21(22,23)24)27-15-8-10-17(11-9-15)31-16-6-4-3-5-7-16/h3-12H,1-2H3,(H2,25,26,27,28,29,30). The zero-order chi connectivity index (χ0) is 22.4. The number of nitrogens with one attached hydrogen (secondary N) is 2. The van der Waals surface area contributed by atoms with E-state index in [0.717, 1.165) is 0 Å². The smallest absolute Gasteiger partial charge is 0.457 e. The minimum absolute atomic E-state index is 0.0912. The maximum absolute atomic E-state index is 12.7. The van der Waals surface area contributed by atoms with Gasteiger partial charge in [-0.05, 0) is 56.3 Å². The molecule has 1 heterocycles. The van der Waals surface area contributed by atoms with E-state index in [1.54, 1.807) is 61.6 Å². The van der Waals surface area contributed by atoms with Crippen LogP contribution in [0, 0.1) is 13.8 Å². The number of carbonyl (C=O) groups is 1. The van der Waals surface area contributed by atoms with E-state index in [-0.39, 0.29) is 5.95 Å². The lowest BCUT2D eigenvalue weighted by molar-refractivity contribution is -0.171. The number of halogens is 3. The number of ether oxygens (including phenoxy) is 1. The van der Waals surface area contributed by atoms with Crippen LogP contribution in [0.4, 0.5) is 24.8 Å². The average Bonchev–Trinajstić information content (AvgIpc) is 2.68. The van der Waals surface area contributed by atoms with Gasteiger partial charge in [-0.15, -0.1) is 0 Å². The van der Waals surface area contributed by atoms with E-state index < -0.39 is 18.0 Å². The van der Waals surface area contributed by atoms with Gasteiger partial charge in [0.25, 0.3) is 5.95 Å². The zero-order valence-corrected chi connectivity index (χ0v) is 16.6. The van der Waals surface area contributed by atoms with Crippen molar-refractivity contribution < 1.29 is 22.7 Å². The van der Waals surface area contributed by atoms with Crippen molar-refractivity contribution in [2.75, 3.05) is 5.32 Å². The van der Waals surface area contributed by atoms with Gasteiger partial charge in [-0.3, -0.25) is 10.1 Å². The molecule has 0 fully saturated rings. The van der Waals surface area contributed by atoms with Gasteiger partial charge in [-0.1, -0.05) is 18.2 Å². The third kappa shape index (κ3) is 6.53. The molecule has 1 amide bonds. The van der Waals surface area contributed by atoms with Gasteiger partial charge < -0.3 is 10.1 Å². The van der Waals surface area contributed by atoms with Crippen molar-refractivity contribution in [2.24, 2.45) is 4.99 Å². The number of rotatable bonds is 4. The number of anilines is 1. The fraction of sp³-hybridized carbons (Fsp3) is 0.143. The SMILES string of the molecule is Cc1cc(C)nc(/N=C(/NC(=O)C(F)(F)F)Nc2ccc(Oc3ccccc3)cc2)n1. The summed E-state index contributed by atoms with van der Waals surface area (Å²) < 4.78 is 43.9. The monoisotopic (exact) mass is 429 g/mol. The second-order valence-corrected chi connectivity index (χ2v) is 6.43. The highest BCUT2D eigenvalue weighted by molar-refractivity contribution is 6.06. The fourth-order valence-corrected chi connectivity index (χ4v) is 2.49. The number of carbonyl (C=O) groups excluding carboxylic acids is 1. The lowest BCUT2D eigenvalue weighted by Crippen LogP contribution is -2.43. The lowest BCUT2D eigenvalue weighted by atomic mass is 10.3. The summed E-state index contributed by atoms with van der Waals surface area (Å²) in [6.07, 6.45) is -5.08. The van der Waals surface area contributed by atoms with Crippen LogP contribution in [-0.4, -0.2) is 28.0 Å². The minimum atomic E-state index is -5.08. The van der Waals surface area contributed by atoms with Crippen molar-refractivity contribution in [2.45, 2.75) is 20.0 Å². The van der Waals surface area contributed by atoms with E-state index in [2.05, 4.69) is 20.3 Å². The third-order valence-electron chi connectivity index (χ3n) is 3.77. The summed E-state index contributed by atoms with van der Waals surface area (Å²) in [6.45, 7) is 3.39. The molecule has 0 radical (unpaired) electrons. The molecule has 0 spiro atoms. The second kappa shape index (κ2) is 9.24. The Hall–Kier alpha value is -3.95. The molecule has 0 saturated carbocycles. The molecule has 0 aliphatic rings. The lowest BCUT2D eigenvalue weighted by Gasteiger charge is -2.13. The summed E-state index contributed by atoms with van der Waals surface area (Å²) in [5.41, 5.74) is 1.52. The predicted octanol–water partition coefficient (Wildman–Crippen LogP) is 4.66. The van der Waals surface area contributed by atoms with E-state index >= 15 is 0 Å². The first kappa shape index (κ1) is 21.8. The Kier molecular flexibility index (Phi) is 6.49. The van der Waals surface area contributed by atoms with Gasteiger partial charge in [0.1, 0.15) is 11.5 Å². The Morgan fingerprint density at radius 2 is 1.52 bits per heavy atom. The molecule has 0 aliphatic carbocycles. The number of alkyl halides is 3. The molecular weight excluding hydrogens is 411 g/mol. The first-order chi connectivity index (χ1) is 14.7. The summed E-state index contributed by atoms with van der Waals surface area (Å²) >= 11 is 0. The molecule has 1 aromatic heterocycles. The largest absolute Gasteiger partial charge is 0.471 e. The number of guanidine groups is 1. The topological polar surface area (TPSA) is 88.5 Å². The maximum atomic E-state index is 12.7. The number of para-hydroxylation sites is 1. The van der Waals surface area contributed by atoms with Crippen LogP contribution < -0.4 is 15.4 Å². The van der Waals surface area contributed by atoms with Crippen molar-refractivity contribution >= 4 is 23.5 Å². The number of nitrogens with zero attached hydrogens (tertiary/aromatic N) is 3. The molecule has 0 saturated heterocycles. The Morgan fingerprint density at radius 1 is 0.935 bits per heavy atom. The van der Waals surface area contributed by atoms with Gasteiger partial charge in [0, 0.05) is 17.1 Å². The Morgan fingerprint density at radius 3 is 2.10 bits per heavy atom. The number of amides is 1. The average molecular weight is 429 g/mol. The van der Waals surface area contributed by atoms with Crippen LogP contribution in [0.3, 0.4) is 0 Å². The van der Waals surface area contributed by atoms with Gasteiger partial charge in [-0.2, -0.15) is 18.2 Å². The highest BCUT2D eigenvalue weighted by Crippen LogP contribution is 2.23. The quantitative estimate of drug-likeness (QED) is 0.465. The van der Waals surface area contributed by atoms with Gasteiger partial charge in [0.2, 0.25) is 5.96 Å². The second-order valence-electron chi connectivity index (χ2n) is 6.43. The van der Waals surface area contributed by atoms with Crippen LogP contribution in [0.25, 0.3) is 0 Å². The molecule has 0 bridgehead atoms. The normalized spacial score (nSPS) is 11.7. The van der Waals surface area contributed by atoms with Crippen molar-refractivity contribution in [3.63, 3.8) is 0 Å². The van der Waals surface area contributed by atoms with Gasteiger partial charge >= 0.3 is 12.1 Å². The fourth-order valence-electron chi connectivity index (χ4n) is 2.49. The van der Waals surface area contributed by atoms with E-state index in [9.17, 15) is 18.0 Å². The molecule has 31 heavy (non-hydrogen) atoms. The van der Waals surface area contributed by atoms with Crippen LogP contribution >= 0.6 is 0 Å². The summed E-state index contributed by atoms with van der Waals surface area (Å²) in [5, 5.41) is 4.35. The van der Waals surface area contributed by atoms with Crippen LogP contribution in [0.2, 0.25) is 0 Å². The summed E-state index contributed by atoms with van der Waals surface area (Å²) in [4.78, 5) is 23.5. The third-order valence-corrected chi connectivity index (χ3v) is 3.77. The zero-order valence-electron chi connectivity index (χ0n) is 16.6. The first-order valence-corrected chi connectivity index (χ1v) is 9.08. The Labute approximate surface area is 176 Å². The molecule has 0 unspecified atom stereocenters. The number of aliphatic imine (C=N–C) groups is 1. The van der Waals surface area contributed by atoms with Gasteiger partial charge in [0.05, 0.1) is 0 Å². The van der Waals surface area contributed by atoms with E-state index in [0.29, 0.717) is 28.6 Å². The summed E-state index contributed by atoms with van der Waals surface area (Å²) in [6, 6.07) is 17.1. The predicted molar refractivity (Wildman–Crippen MR) is 109 cm³/mol. The number of hydrogen-bond acceptors (Lipinski definition) is 5. The molecule has 0 aliphatic heterocycles. The highest BCUT2D eigenvalue weighted by Gasteiger charge is 2.39. The Balaban J connectivity index is 1.82. The number of hydrogen-bond donors (Lipinski definition) is 2. The molecule has 0 atom stereocenters. The van der Waals surface area contributed by atoms with Crippen molar-refractivity contribution in [3.8, 4) is 11.5 Å². The molecular formula is C21H18F3N5O2. The number of aromatic nitrogens is 2. The van der Waals surface area contributed by atoms with Gasteiger partial charge in [0.15, 0.2) is 0 Å². The molecule has 10 heteroatoms. The van der Waals surface area contributed by atoms with Crippen molar-refractivity contribution in [1.82, 2.24) is 15.3 Å². The van der Waals surface area contributed by atoms with Crippen molar-refractivity contribution in [1.29, 1.82) is 0 Å². The summed E-state index contributed by atoms with van der Waals surface area (Å²) in [5.74, 6) is -1.58. The van der Waals surface area contributed by atoms with Crippen LogP contribution in [0.15, 0.2) is 65.7 Å². The number of aryl methyl sites for hydroxylation is 2. The molecule has 7 nitrogen and oxygen atoms in total. The van der Waals surface area contributed by atoms with Gasteiger partial charge in [-0.25, -0.2) is 9.97 Å². The number of benzene rings is 2.